The van der Waals surface area contributed by atoms with E-state index in [4.69, 9.17) is 4.74 Å². The van der Waals surface area contributed by atoms with Crippen molar-refractivity contribution in [2.75, 3.05) is 6.61 Å². The van der Waals surface area contributed by atoms with Gasteiger partial charge in [0.1, 0.15) is 17.1 Å². The van der Waals surface area contributed by atoms with Crippen molar-refractivity contribution < 1.29 is 14.6 Å². The molecule has 0 spiro atoms. The number of rotatable bonds is 7. The Labute approximate surface area is 160 Å². The van der Waals surface area contributed by atoms with Gasteiger partial charge in [-0.25, -0.2) is 0 Å². The van der Waals surface area contributed by atoms with Crippen molar-refractivity contribution in [2.45, 2.75) is 29.9 Å². The molecule has 0 bridgehead atoms. The van der Waals surface area contributed by atoms with Crippen LogP contribution in [0.15, 0.2) is 57.9 Å². The van der Waals surface area contributed by atoms with Crippen molar-refractivity contribution in [1.29, 1.82) is 0 Å². The van der Waals surface area contributed by atoms with Gasteiger partial charge in [0, 0.05) is 9.37 Å². The Balaban J connectivity index is 2.28. The lowest BCUT2D eigenvalue weighted by Crippen LogP contribution is -2.31. The summed E-state index contributed by atoms with van der Waals surface area (Å²) in [6.07, 6.45) is 0.466. The zero-order valence-electron chi connectivity index (χ0n) is 14.1. The van der Waals surface area contributed by atoms with Crippen LogP contribution in [0.1, 0.15) is 25.8 Å². The zero-order chi connectivity index (χ0) is 18.3. The van der Waals surface area contributed by atoms with Gasteiger partial charge in [0.2, 0.25) is 0 Å². The first kappa shape index (κ1) is 19.4. The summed E-state index contributed by atoms with van der Waals surface area (Å²) in [6, 6.07) is 14.9. The van der Waals surface area contributed by atoms with Crippen molar-refractivity contribution in [3.8, 4) is 17.6 Å². The van der Waals surface area contributed by atoms with Crippen molar-refractivity contribution >= 4 is 33.7 Å². The molecule has 5 heteroatoms. The molecule has 0 heterocycles. The smallest absolute Gasteiger partial charge is 0.324 e. The third-order valence-electron chi connectivity index (χ3n) is 3.74. The summed E-state index contributed by atoms with van der Waals surface area (Å²) in [5.74, 6) is 5.48. The average Bonchev–Trinajstić information content (AvgIpc) is 2.61. The molecule has 0 aromatic heterocycles. The van der Waals surface area contributed by atoms with Gasteiger partial charge in [-0.1, -0.05) is 40.9 Å². The van der Waals surface area contributed by atoms with E-state index in [0.29, 0.717) is 18.8 Å². The van der Waals surface area contributed by atoms with Crippen molar-refractivity contribution in [3.63, 3.8) is 0 Å². The topological polar surface area (TPSA) is 46.5 Å². The molecule has 130 valence electrons. The maximum absolute atomic E-state index is 12.1. The van der Waals surface area contributed by atoms with Gasteiger partial charge in [0.05, 0.1) is 0 Å². The van der Waals surface area contributed by atoms with Gasteiger partial charge in [-0.2, -0.15) is 0 Å². The molecule has 2 rings (SSSR count). The standard InChI is InChI=1S/C20H19BrO3S/c1-3-5-13-24-17-9-11-18(12-10-17)25-20(4-2,19(22)23)15-7-6-8-16(21)14-15/h6-12,14H,4,13H2,1-2H3,(H,22,23). The van der Waals surface area contributed by atoms with Crippen LogP contribution in [0.3, 0.4) is 0 Å². The Kier molecular flexibility index (Phi) is 6.98. The number of benzene rings is 2. The normalized spacial score (nSPS) is 12.6. The highest BCUT2D eigenvalue weighted by Crippen LogP contribution is 2.45. The van der Waals surface area contributed by atoms with Crippen LogP contribution >= 0.6 is 27.7 Å². The lowest BCUT2D eigenvalue weighted by molar-refractivity contribution is -0.140. The summed E-state index contributed by atoms with van der Waals surface area (Å²) < 4.78 is 5.32. The Morgan fingerprint density at radius 1 is 1.28 bits per heavy atom. The third-order valence-corrected chi connectivity index (χ3v) is 5.79. The second-order valence-electron chi connectivity index (χ2n) is 5.28. The summed E-state index contributed by atoms with van der Waals surface area (Å²) in [5.41, 5.74) is 0.764. The summed E-state index contributed by atoms with van der Waals surface area (Å²) in [7, 11) is 0. The van der Waals surface area contributed by atoms with Crippen LogP contribution in [-0.2, 0) is 9.54 Å². The fraction of sp³-hybridized carbons (Fsp3) is 0.250. The molecule has 1 unspecified atom stereocenters. The first-order chi connectivity index (χ1) is 12.0. The van der Waals surface area contributed by atoms with E-state index in [1.165, 1.54) is 11.8 Å². The fourth-order valence-electron chi connectivity index (χ4n) is 2.39. The van der Waals surface area contributed by atoms with Crippen LogP contribution in [0, 0.1) is 11.8 Å². The predicted octanol–water partition coefficient (Wildman–Crippen LogP) is 5.33. The highest BCUT2D eigenvalue weighted by atomic mass is 79.9. The number of carboxylic acid groups (broad SMARTS) is 1. The molecule has 1 atom stereocenters. The second-order valence-corrected chi connectivity index (χ2v) is 7.57. The summed E-state index contributed by atoms with van der Waals surface area (Å²) in [5, 5.41) is 9.95. The number of ether oxygens (including phenoxy) is 1. The van der Waals surface area contributed by atoms with Crippen LogP contribution in [0.2, 0.25) is 0 Å². The van der Waals surface area contributed by atoms with Crippen LogP contribution in [0.25, 0.3) is 0 Å². The van der Waals surface area contributed by atoms with E-state index in [2.05, 4.69) is 27.8 Å². The van der Waals surface area contributed by atoms with Crippen molar-refractivity contribution in [3.05, 3.63) is 58.6 Å². The highest BCUT2D eigenvalue weighted by molar-refractivity contribution is 9.10. The summed E-state index contributed by atoms with van der Waals surface area (Å²) in [6.45, 7) is 4.00. The second kappa shape index (κ2) is 8.98. The summed E-state index contributed by atoms with van der Waals surface area (Å²) >= 11 is 4.77. The first-order valence-corrected chi connectivity index (χ1v) is 9.43. The monoisotopic (exact) mass is 418 g/mol. The maximum atomic E-state index is 12.1. The molecule has 1 N–H and O–H groups in total. The molecule has 0 fully saturated rings. The summed E-state index contributed by atoms with van der Waals surface area (Å²) in [4.78, 5) is 13.0. The number of thioether (sulfide) groups is 1. The Morgan fingerprint density at radius 3 is 2.56 bits per heavy atom. The number of hydrogen-bond donors (Lipinski definition) is 1. The van der Waals surface area contributed by atoms with Gasteiger partial charge in [0.15, 0.2) is 0 Å². The van der Waals surface area contributed by atoms with Crippen LogP contribution in [0.5, 0.6) is 5.75 Å². The van der Waals surface area contributed by atoms with Crippen LogP contribution in [0.4, 0.5) is 0 Å². The Bertz CT molecular complexity index is 793. The Morgan fingerprint density at radius 2 is 2.00 bits per heavy atom. The van der Waals surface area contributed by atoms with Gasteiger partial charge in [0.25, 0.3) is 0 Å². The van der Waals surface area contributed by atoms with Gasteiger partial charge in [-0.3, -0.25) is 4.79 Å². The number of carbonyl (C=O) groups is 1. The van der Waals surface area contributed by atoms with Crippen LogP contribution in [-0.4, -0.2) is 17.7 Å². The SMILES string of the molecule is CC#CCOc1ccc(SC(CC)(C(=O)O)c2cccc(Br)c2)cc1. The van der Waals surface area contributed by atoms with Gasteiger partial charge in [-0.15, -0.1) is 17.7 Å². The molecular formula is C20H19BrO3S. The van der Waals surface area contributed by atoms with Crippen molar-refractivity contribution in [1.82, 2.24) is 0 Å². The van der Waals surface area contributed by atoms with E-state index in [9.17, 15) is 9.90 Å². The van der Waals surface area contributed by atoms with Gasteiger partial charge < -0.3 is 9.84 Å². The Hall–Kier alpha value is -1.90. The lowest BCUT2D eigenvalue weighted by atomic mass is 9.95. The molecule has 0 saturated heterocycles. The molecule has 3 nitrogen and oxygen atoms in total. The molecule has 0 aliphatic rings. The minimum absolute atomic E-state index is 0.342. The van der Waals surface area contributed by atoms with E-state index >= 15 is 0 Å². The molecule has 25 heavy (non-hydrogen) atoms. The minimum Gasteiger partial charge on any atom is -0.481 e. The number of aliphatic carboxylic acids is 1. The first-order valence-electron chi connectivity index (χ1n) is 7.82. The third kappa shape index (κ3) is 4.81. The predicted molar refractivity (Wildman–Crippen MR) is 105 cm³/mol. The number of hydrogen-bond acceptors (Lipinski definition) is 3. The van der Waals surface area contributed by atoms with Gasteiger partial charge >= 0.3 is 5.97 Å². The number of carboxylic acids is 1. The molecule has 2 aromatic carbocycles. The number of halogens is 1. The average molecular weight is 419 g/mol. The van der Waals surface area contributed by atoms with Gasteiger partial charge in [-0.05, 0) is 55.3 Å². The quantitative estimate of drug-likeness (QED) is 0.487. The molecule has 0 saturated carbocycles. The van der Waals surface area contributed by atoms with E-state index < -0.39 is 10.7 Å². The van der Waals surface area contributed by atoms with E-state index in [1.807, 2.05) is 55.5 Å². The van der Waals surface area contributed by atoms with E-state index in [0.717, 1.165) is 14.9 Å². The highest BCUT2D eigenvalue weighted by Gasteiger charge is 2.40. The minimum atomic E-state index is -1.04. The van der Waals surface area contributed by atoms with Crippen LogP contribution < -0.4 is 4.74 Å². The van der Waals surface area contributed by atoms with Crippen molar-refractivity contribution in [2.24, 2.45) is 0 Å². The molecule has 0 amide bonds. The van der Waals surface area contributed by atoms with E-state index in [1.54, 1.807) is 6.92 Å². The molecule has 0 aliphatic carbocycles. The molecule has 2 aromatic rings. The fourth-order valence-corrected chi connectivity index (χ4v) is 3.94. The molecular weight excluding hydrogens is 400 g/mol. The lowest BCUT2D eigenvalue weighted by Gasteiger charge is -2.28. The molecule has 0 aliphatic heterocycles. The zero-order valence-corrected chi connectivity index (χ0v) is 16.5. The van der Waals surface area contributed by atoms with E-state index in [-0.39, 0.29) is 0 Å². The molecule has 0 radical (unpaired) electrons. The maximum Gasteiger partial charge on any atom is 0.324 e. The largest absolute Gasteiger partial charge is 0.481 e.